The molecule has 0 aromatic carbocycles. The number of halogens is 1. The molecule has 1 aromatic rings. The number of nitrogens with zero attached hydrogens (tertiary/aromatic N) is 3. The number of aliphatic imine (C=N–C) groups is 1. The van der Waals surface area contributed by atoms with Crippen LogP contribution in [-0.4, -0.2) is 68.1 Å². The third-order valence-electron chi connectivity index (χ3n) is 5.59. The van der Waals surface area contributed by atoms with E-state index in [0.29, 0.717) is 0 Å². The van der Waals surface area contributed by atoms with Crippen LogP contribution in [0.1, 0.15) is 44.9 Å². The average Bonchev–Trinajstić information content (AvgIpc) is 3.42. The zero-order chi connectivity index (χ0) is 18.2. The Morgan fingerprint density at radius 1 is 1.26 bits per heavy atom. The van der Waals surface area contributed by atoms with Crippen molar-refractivity contribution in [3.05, 3.63) is 24.2 Å². The highest BCUT2D eigenvalue weighted by atomic mass is 127. The average molecular weight is 489 g/mol. The molecule has 0 aliphatic carbocycles. The van der Waals surface area contributed by atoms with Gasteiger partial charge in [0.15, 0.2) is 5.96 Å². The largest absolute Gasteiger partial charge is 0.468 e. The molecule has 2 fully saturated rings. The zero-order valence-corrected chi connectivity index (χ0v) is 19.2. The fourth-order valence-electron chi connectivity index (χ4n) is 4.05. The molecule has 2 atom stereocenters. The van der Waals surface area contributed by atoms with Crippen LogP contribution in [0.25, 0.3) is 0 Å². The van der Waals surface area contributed by atoms with Crippen molar-refractivity contribution < 1.29 is 4.42 Å². The van der Waals surface area contributed by atoms with Gasteiger partial charge in [-0.3, -0.25) is 9.89 Å². The lowest BCUT2D eigenvalue weighted by atomic mass is 10.1. The number of likely N-dealkylation sites (tertiary alicyclic amines) is 2. The quantitative estimate of drug-likeness (QED) is 0.334. The Labute approximate surface area is 181 Å². The molecular weight excluding hydrogens is 453 g/mol. The van der Waals surface area contributed by atoms with E-state index in [1.54, 1.807) is 6.26 Å². The van der Waals surface area contributed by atoms with Crippen LogP contribution in [0, 0.1) is 5.92 Å². The first kappa shape index (κ1) is 22.5. The van der Waals surface area contributed by atoms with E-state index in [1.165, 1.54) is 32.4 Å². The number of rotatable bonds is 8. The number of hydrogen-bond acceptors (Lipinski definition) is 4. The van der Waals surface area contributed by atoms with E-state index in [2.05, 4.69) is 40.3 Å². The molecule has 3 heterocycles. The Hall–Kier alpha value is -0.800. The highest BCUT2D eigenvalue weighted by molar-refractivity contribution is 14.0. The predicted octanol–water partition coefficient (Wildman–Crippen LogP) is 2.93. The van der Waals surface area contributed by atoms with Crippen LogP contribution in [-0.2, 0) is 0 Å². The highest BCUT2D eigenvalue weighted by Gasteiger charge is 2.25. The Morgan fingerprint density at radius 2 is 2.07 bits per heavy atom. The maximum atomic E-state index is 5.71. The fourth-order valence-corrected chi connectivity index (χ4v) is 4.05. The maximum absolute atomic E-state index is 5.71. The molecule has 3 rings (SSSR count). The van der Waals surface area contributed by atoms with Gasteiger partial charge in [-0.1, -0.05) is 6.92 Å². The molecule has 0 spiro atoms. The maximum Gasteiger partial charge on any atom is 0.191 e. The smallest absolute Gasteiger partial charge is 0.191 e. The number of nitrogens with one attached hydrogen (secondary N) is 2. The van der Waals surface area contributed by atoms with Gasteiger partial charge in [-0.05, 0) is 70.4 Å². The second kappa shape index (κ2) is 11.9. The van der Waals surface area contributed by atoms with Crippen LogP contribution in [0.4, 0.5) is 0 Å². The Morgan fingerprint density at radius 3 is 2.70 bits per heavy atom. The predicted molar refractivity (Wildman–Crippen MR) is 122 cm³/mol. The Kier molecular flexibility index (Phi) is 9.92. The van der Waals surface area contributed by atoms with Crippen molar-refractivity contribution in [1.29, 1.82) is 0 Å². The normalized spacial score (nSPS) is 22.6. The van der Waals surface area contributed by atoms with E-state index >= 15 is 0 Å². The number of guanidine groups is 1. The molecule has 2 saturated heterocycles. The highest BCUT2D eigenvalue weighted by Crippen LogP contribution is 2.25. The second-order valence-corrected chi connectivity index (χ2v) is 7.42. The summed E-state index contributed by atoms with van der Waals surface area (Å²) >= 11 is 0. The van der Waals surface area contributed by atoms with Crippen LogP contribution < -0.4 is 10.6 Å². The van der Waals surface area contributed by atoms with Crippen LogP contribution in [0.3, 0.4) is 0 Å². The van der Waals surface area contributed by atoms with Gasteiger partial charge in [0.05, 0.1) is 18.8 Å². The summed E-state index contributed by atoms with van der Waals surface area (Å²) in [5, 5.41) is 6.96. The first-order valence-corrected chi connectivity index (χ1v) is 10.3. The molecule has 7 heteroatoms. The van der Waals surface area contributed by atoms with Gasteiger partial charge >= 0.3 is 0 Å². The molecule has 1 aromatic heterocycles. The lowest BCUT2D eigenvalue weighted by molar-refractivity contribution is 0.221. The first-order valence-electron chi connectivity index (χ1n) is 10.3. The fraction of sp³-hybridized carbons (Fsp3) is 0.750. The molecule has 154 valence electrons. The van der Waals surface area contributed by atoms with Gasteiger partial charge < -0.3 is 20.0 Å². The van der Waals surface area contributed by atoms with E-state index in [4.69, 9.17) is 9.41 Å². The molecule has 2 N–H and O–H groups in total. The topological polar surface area (TPSA) is 56.0 Å². The number of furan rings is 1. The van der Waals surface area contributed by atoms with Gasteiger partial charge in [-0.15, -0.1) is 24.0 Å². The summed E-state index contributed by atoms with van der Waals surface area (Å²) in [6.07, 6.45) is 5.60. The van der Waals surface area contributed by atoms with E-state index in [0.717, 1.165) is 56.9 Å². The molecular formula is C20H36IN5O. The third kappa shape index (κ3) is 6.64. The van der Waals surface area contributed by atoms with Gasteiger partial charge in [0.25, 0.3) is 0 Å². The van der Waals surface area contributed by atoms with Gasteiger partial charge in [-0.2, -0.15) is 0 Å². The van der Waals surface area contributed by atoms with Crippen LogP contribution >= 0.6 is 24.0 Å². The summed E-state index contributed by atoms with van der Waals surface area (Å²) in [6, 6.07) is 4.30. The van der Waals surface area contributed by atoms with Gasteiger partial charge in [0.1, 0.15) is 5.76 Å². The molecule has 0 saturated carbocycles. The summed E-state index contributed by atoms with van der Waals surface area (Å²) < 4.78 is 5.71. The third-order valence-corrected chi connectivity index (χ3v) is 5.59. The lowest BCUT2D eigenvalue weighted by Gasteiger charge is -2.25. The van der Waals surface area contributed by atoms with Gasteiger partial charge in [0, 0.05) is 19.6 Å². The molecule has 0 radical (unpaired) electrons. The SMILES string of the molecule is CCNC(=NCC(c1ccco1)N1CCCC1)NCC1CCN(CC)C1.I. The van der Waals surface area contributed by atoms with Crippen molar-refractivity contribution in [1.82, 2.24) is 20.4 Å². The van der Waals surface area contributed by atoms with Crippen molar-refractivity contribution in [2.75, 3.05) is 52.4 Å². The molecule has 0 bridgehead atoms. The van der Waals surface area contributed by atoms with E-state index in [1.807, 2.05) is 6.07 Å². The van der Waals surface area contributed by atoms with Crippen LogP contribution in [0.5, 0.6) is 0 Å². The molecule has 2 aliphatic heterocycles. The van der Waals surface area contributed by atoms with Crippen molar-refractivity contribution in [3.63, 3.8) is 0 Å². The first-order chi connectivity index (χ1) is 12.8. The number of hydrogen-bond donors (Lipinski definition) is 2. The van der Waals surface area contributed by atoms with Gasteiger partial charge in [-0.25, -0.2) is 0 Å². The van der Waals surface area contributed by atoms with Crippen molar-refractivity contribution >= 4 is 29.9 Å². The Bertz CT molecular complexity index is 545. The zero-order valence-electron chi connectivity index (χ0n) is 16.8. The van der Waals surface area contributed by atoms with Crippen LogP contribution in [0.15, 0.2) is 27.8 Å². The molecule has 0 amide bonds. The summed E-state index contributed by atoms with van der Waals surface area (Å²) in [5.74, 6) is 2.68. The van der Waals surface area contributed by atoms with Crippen molar-refractivity contribution in [2.45, 2.75) is 39.2 Å². The summed E-state index contributed by atoms with van der Waals surface area (Å²) in [7, 11) is 0. The van der Waals surface area contributed by atoms with Crippen molar-refractivity contribution in [2.24, 2.45) is 10.9 Å². The molecule has 2 aliphatic rings. The van der Waals surface area contributed by atoms with Gasteiger partial charge in [0.2, 0.25) is 0 Å². The summed E-state index contributed by atoms with van der Waals surface area (Å²) in [4.78, 5) is 9.92. The minimum absolute atomic E-state index is 0. The van der Waals surface area contributed by atoms with E-state index in [9.17, 15) is 0 Å². The second-order valence-electron chi connectivity index (χ2n) is 7.42. The van der Waals surface area contributed by atoms with Crippen molar-refractivity contribution in [3.8, 4) is 0 Å². The minimum atomic E-state index is 0. The molecule has 2 unspecified atom stereocenters. The van der Waals surface area contributed by atoms with E-state index < -0.39 is 0 Å². The minimum Gasteiger partial charge on any atom is -0.468 e. The summed E-state index contributed by atoms with van der Waals surface area (Å²) in [6.45, 7) is 12.8. The summed E-state index contributed by atoms with van der Waals surface area (Å²) in [5.41, 5.74) is 0. The Balaban J connectivity index is 0.00000261. The standard InChI is InChI=1S/C20H35N5O.HI/c1-3-21-20(22-14-17-9-12-24(4-2)16-17)23-15-18(19-8-7-13-26-19)25-10-5-6-11-25;/h7-8,13,17-18H,3-6,9-12,14-16H2,1-2H3,(H2,21,22,23);1H. The van der Waals surface area contributed by atoms with E-state index in [-0.39, 0.29) is 30.0 Å². The monoisotopic (exact) mass is 489 g/mol. The van der Waals surface area contributed by atoms with Crippen LogP contribution in [0.2, 0.25) is 0 Å². The molecule has 6 nitrogen and oxygen atoms in total. The molecule has 27 heavy (non-hydrogen) atoms. The lowest BCUT2D eigenvalue weighted by Crippen LogP contribution is -2.41.